The summed E-state index contributed by atoms with van der Waals surface area (Å²) in [7, 11) is 0. The topological polar surface area (TPSA) is 29.1 Å². The van der Waals surface area contributed by atoms with Gasteiger partial charge in [-0.25, -0.2) is 0 Å². The molecule has 0 bridgehead atoms. The first-order chi connectivity index (χ1) is 6.75. The van der Waals surface area contributed by atoms with Gasteiger partial charge in [0.1, 0.15) is 0 Å². The molecule has 0 amide bonds. The summed E-state index contributed by atoms with van der Waals surface area (Å²) in [6.07, 6.45) is 6.75. The molecular formula is C12H21NO. The van der Waals surface area contributed by atoms with Crippen LogP contribution in [0.5, 0.6) is 0 Å². The van der Waals surface area contributed by atoms with Crippen molar-refractivity contribution >= 4 is 5.78 Å². The Hall–Kier alpha value is -0.790. The van der Waals surface area contributed by atoms with Crippen molar-refractivity contribution in [3.05, 3.63) is 11.3 Å². The first-order valence-corrected chi connectivity index (χ1v) is 5.72. The number of hydrogen-bond donors (Lipinski definition) is 1. The van der Waals surface area contributed by atoms with Gasteiger partial charge >= 0.3 is 0 Å². The Bertz CT molecular complexity index is 230. The number of carbonyl (C=O) groups excluding carboxylic acids is 1. The molecule has 0 aromatic rings. The number of unbranched alkanes of at least 4 members (excludes halogenated alkanes) is 3. The van der Waals surface area contributed by atoms with Gasteiger partial charge in [-0.15, -0.1) is 0 Å². The molecule has 0 aliphatic heterocycles. The molecular weight excluding hydrogens is 174 g/mol. The smallest absolute Gasteiger partial charge is 0.160 e. The maximum absolute atomic E-state index is 11.2. The van der Waals surface area contributed by atoms with E-state index < -0.39 is 0 Å². The maximum Gasteiger partial charge on any atom is 0.160 e. The number of rotatable bonds is 6. The van der Waals surface area contributed by atoms with E-state index in [0.29, 0.717) is 12.2 Å². The lowest BCUT2D eigenvalue weighted by atomic mass is 10.2. The van der Waals surface area contributed by atoms with Crippen LogP contribution in [0.4, 0.5) is 0 Å². The van der Waals surface area contributed by atoms with Crippen LogP contribution in [0.3, 0.4) is 0 Å². The summed E-state index contributed by atoms with van der Waals surface area (Å²) in [6, 6.07) is 0. The molecule has 80 valence electrons. The molecule has 0 heterocycles. The van der Waals surface area contributed by atoms with E-state index in [9.17, 15) is 4.79 Å². The van der Waals surface area contributed by atoms with Gasteiger partial charge in [-0.05, 0) is 19.8 Å². The zero-order chi connectivity index (χ0) is 10.4. The van der Waals surface area contributed by atoms with Crippen molar-refractivity contribution in [1.82, 2.24) is 5.32 Å². The van der Waals surface area contributed by atoms with Crippen LogP contribution in [0, 0.1) is 0 Å². The summed E-state index contributed by atoms with van der Waals surface area (Å²) in [5.41, 5.74) is 2.15. The second-order valence-electron chi connectivity index (χ2n) is 4.01. The molecule has 0 saturated carbocycles. The largest absolute Gasteiger partial charge is 0.388 e. The molecule has 0 saturated heterocycles. The standard InChI is InChI=1S/C12H21NO/c1-3-4-5-6-9-13-11-7-8-12(14)10(11)2/h13H,3-9H2,1-2H3. The van der Waals surface area contributed by atoms with Crippen LogP contribution in [-0.4, -0.2) is 12.3 Å². The van der Waals surface area contributed by atoms with E-state index in [1.807, 2.05) is 6.92 Å². The quantitative estimate of drug-likeness (QED) is 0.660. The molecule has 1 rings (SSSR count). The summed E-state index contributed by atoms with van der Waals surface area (Å²) < 4.78 is 0. The third kappa shape index (κ3) is 3.17. The fourth-order valence-corrected chi connectivity index (χ4v) is 1.79. The predicted octanol–water partition coefficient (Wildman–Crippen LogP) is 2.79. The number of carbonyl (C=O) groups is 1. The van der Waals surface area contributed by atoms with Crippen molar-refractivity contribution in [3.63, 3.8) is 0 Å². The lowest BCUT2D eigenvalue weighted by molar-refractivity contribution is -0.114. The molecule has 0 spiro atoms. The molecule has 0 atom stereocenters. The fraction of sp³-hybridized carbons (Fsp3) is 0.750. The van der Waals surface area contributed by atoms with Crippen molar-refractivity contribution in [2.24, 2.45) is 0 Å². The van der Waals surface area contributed by atoms with Gasteiger partial charge in [0, 0.05) is 24.2 Å². The highest BCUT2D eigenvalue weighted by Crippen LogP contribution is 2.19. The van der Waals surface area contributed by atoms with Gasteiger partial charge in [-0.2, -0.15) is 0 Å². The van der Waals surface area contributed by atoms with Crippen LogP contribution in [0.2, 0.25) is 0 Å². The first-order valence-electron chi connectivity index (χ1n) is 5.72. The minimum absolute atomic E-state index is 0.320. The third-order valence-corrected chi connectivity index (χ3v) is 2.84. The highest BCUT2D eigenvalue weighted by molar-refractivity contribution is 5.97. The Labute approximate surface area is 86.8 Å². The summed E-state index contributed by atoms with van der Waals surface area (Å²) in [4.78, 5) is 11.2. The van der Waals surface area contributed by atoms with Gasteiger partial charge in [-0.1, -0.05) is 26.2 Å². The maximum atomic E-state index is 11.2. The number of ketones is 1. The molecule has 0 aromatic heterocycles. The second-order valence-corrected chi connectivity index (χ2v) is 4.01. The number of hydrogen-bond acceptors (Lipinski definition) is 2. The number of nitrogens with one attached hydrogen (secondary N) is 1. The van der Waals surface area contributed by atoms with E-state index in [4.69, 9.17) is 0 Å². The molecule has 0 fully saturated rings. The van der Waals surface area contributed by atoms with Gasteiger partial charge in [0.2, 0.25) is 0 Å². The van der Waals surface area contributed by atoms with Crippen molar-refractivity contribution in [2.75, 3.05) is 6.54 Å². The van der Waals surface area contributed by atoms with E-state index >= 15 is 0 Å². The van der Waals surface area contributed by atoms with E-state index in [-0.39, 0.29) is 0 Å². The zero-order valence-electron chi connectivity index (χ0n) is 9.36. The SMILES string of the molecule is CCCCCCNC1=C(C)C(=O)CC1. The normalized spacial score (nSPS) is 16.6. The zero-order valence-corrected chi connectivity index (χ0v) is 9.36. The van der Waals surface area contributed by atoms with Gasteiger partial charge in [0.05, 0.1) is 0 Å². The summed E-state index contributed by atoms with van der Waals surface area (Å²) >= 11 is 0. The second kappa shape index (κ2) is 5.84. The first kappa shape index (κ1) is 11.3. The van der Waals surface area contributed by atoms with Crippen LogP contribution in [0.25, 0.3) is 0 Å². The van der Waals surface area contributed by atoms with Crippen LogP contribution < -0.4 is 5.32 Å². The Balaban J connectivity index is 2.16. The van der Waals surface area contributed by atoms with E-state index in [1.165, 1.54) is 31.4 Å². The average molecular weight is 195 g/mol. The van der Waals surface area contributed by atoms with Crippen molar-refractivity contribution in [1.29, 1.82) is 0 Å². The Kier molecular flexibility index (Phi) is 4.71. The van der Waals surface area contributed by atoms with Gasteiger partial charge < -0.3 is 5.32 Å². The molecule has 2 heteroatoms. The minimum atomic E-state index is 0.320. The summed E-state index contributed by atoms with van der Waals surface area (Å²) in [5, 5.41) is 3.38. The molecule has 0 aromatic carbocycles. The van der Waals surface area contributed by atoms with Crippen molar-refractivity contribution in [3.8, 4) is 0 Å². The summed E-state index contributed by atoms with van der Waals surface area (Å²) in [6.45, 7) is 5.18. The van der Waals surface area contributed by atoms with Crippen LogP contribution in [-0.2, 0) is 4.79 Å². The molecule has 2 nitrogen and oxygen atoms in total. The summed E-state index contributed by atoms with van der Waals surface area (Å²) in [5.74, 6) is 0.320. The Morgan fingerprint density at radius 2 is 2.00 bits per heavy atom. The Morgan fingerprint density at radius 3 is 2.57 bits per heavy atom. The number of allylic oxidation sites excluding steroid dienone is 2. The highest BCUT2D eigenvalue weighted by Gasteiger charge is 2.18. The molecule has 14 heavy (non-hydrogen) atoms. The molecule has 0 radical (unpaired) electrons. The van der Waals surface area contributed by atoms with Gasteiger partial charge in [-0.3, -0.25) is 4.79 Å². The van der Waals surface area contributed by atoms with Gasteiger partial charge in [0.25, 0.3) is 0 Å². The lowest BCUT2D eigenvalue weighted by Gasteiger charge is -2.07. The highest BCUT2D eigenvalue weighted by atomic mass is 16.1. The number of Topliss-reactive ketones (excluding diaryl/α,β-unsaturated/α-hetero) is 1. The van der Waals surface area contributed by atoms with Gasteiger partial charge in [0.15, 0.2) is 5.78 Å². The Morgan fingerprint density at radius 1 is 1.21 bits per heavy atom. The molecule has 0 unspecified atom stereocenters. The molecule has 1 aliphatic carbocycles. The third-order valence-electron chi connectivity index (χ3n) is 2.84. The van der Waals surface area contributed by atoms with Crippen molar-refractivity contribution in [2.45, 2.75) is 52.4 Å². The van der Waals surface area contributed by atoms with Crippen molar-refractivity contribution < 1.29 is 4.79 Å². The fourth-order valence-electron chi connectivity index (χ4n) is 1.79. The van der Waals surface area contributed by atoms with E-state index in [2.05, 4.69) is 12.2 Å². The average Bonchev–Trinajstić information content (AvgIpc) is 2.49. The van der Waals surface area contributed by atoms with Crippen LogP contribution in [0.1, 0.15) is 52.4 Å². The van der Waals surface area contributed by atoms with Crippen LogP contribution >= 0.6 is 0 Å². The van der Waals surface area contributed by atoms with E-state index in [1.54, 1.807) is 0 Å². The predicted molar refractivity (Wildman–Crippen MR) is 59.1 cm³/mol. The molecule has 1 aliphatic rings. The molecule has 1 N–H and O–H groups in total. The van der Waals surface area contributed by atoms with E-state index in [0.717, 1.165) is 18.5 Å². The monoisotopic (exact) mass is 195 g/mol. The minimum Gasteiger partial charge on any atom is -0.388 e. The van der Waals surface area contributed by atoms with Crippen LogP contribution in [0.15, 0.2) is 11.3 Å². The lowest BCUT2D eigenvalue weighted by Crippen LogP contribution is -2.14.